The Morgan fingerprint density at radius 1 is 1.09 bits per heavy atom. The number of piperazine rings is 1. The van der Waals surface area contributed by atoms with Gasteiger partial charge in [-0.1, -0.05) is 6.07 Å². The molecule has 3 heterocycles. The molecule has 0 amide bonds. The van der Waals surface area contributed by atoms with Crippen molar-refractivity contribution in [3.63, 3.8) is 0 Å². The van der Waals surface area contributed by atoms with Crippen LogP contribution < -0.4 is 14.5 Å². The monoisotopic (exact) mass is 296 g/mol. The number of pyridine rings is 1. The number of aromatic nitrogens is 3. The number of hydrogen-bond acceptors (Lipinski definition) is 7. The van der Waals surface area contributed by atoms with E-state index in [9.17, 15) is 0 Å². The average molecular weight is 296 g/mol. The molecular weight excluding hydrogens is 280 g/mol. The van der Waals surface area contributed by atoms with E-state index < -0.39 is 0 Å². The second-order valence-corrected chi connectivity index (χ2v) is 4.89. The van der Waals surface area contributed by atoms with Crippen molar-refractivity contribution in [3.8, 4) is 11.9 Å². The number of nitriles is 1. The molecule has 22 heavy (non-hydrogen) atoms. The third-order valence-corrected chi connectivity index (χ3v) is 3.61. The Bertz CT molecular complexity index is 690. The fraction of sp³-hybridized carbons (Fsp3) is 0.333. The van der Waals surface area contributed by atoms with Gasteiger partial charge in [0, 0.05) is 32.2 Å². The summed E-state index contributed by atoms with van der Waals surface area (Å²) in [5.74, 6) is 2.28. The third kappa shape index (κ3) is 2.91. The average Bonchev–Trinajstić information content (AvgIpc) is 2.62. The molecule has 0 aromatic carbocycles. The first-order valence-corrected chi connectivity index (χ1v) is 7.03. The summed E-state index contributed by atoms with van der Waals surface area (Å²) >= 11 is 0. The van der Waals surface area contributed by atoms with Gasteiger partial charge in [0.15, 0.2) is 0 Å². The molecule has 1 saturated heterocycles. The van der Waals surface area contributed by atoms with Crippen LogP contribution in [-0.2, 0) is 0 Å². The molecule has 1 fully saturated rings. The van der Waals surface area contributed by atoms with Gasteiger partial charge in [-0.2, -0.15) is 5.26 Å². The number of hydrogen-bond donors (Lipinski definition) is 0. The molecule has 2 aromatic rings. The molecule has 0 spiro atoms. The second kappa shape index (κ2) is 6.26. The van der Waals surface area contributed by atoms with Crippen LogP contribution in [0.2, 0.25) is 0 Å². The van der Waals surface area contributed by atoms with Crippen molar-refractivity contribution in [1.82, 2.24) is 15.0 Å². The second-order valence-electron chi connectivity index (χ2n) is 4.89. The Labute approximate surface area is 128 Å². The van der Waals surface area contributed by atoms with Crippen LogP contribution in [-0.4, -0.2) is 48.2 Å². The molecule has 0 unspecified atom stereocenters. The SMILES string of the molecule is COc1cc(N2CCN(c3cccc(C#N)n3)CC2)ncn1. The fourth-order valence-corrected chi connectivity index (χ4v) is 2.44. The maximum atomic E-state index is 8.94. The summed E-state index contributed by atoms with van der Waals surface area (Å²) in [4.78, 5) is 17.0. The van der Waals surface area contributed by atoms with Gasteiger partial charge in [0.1, 0.15) is 29.7 Å². The number of methoxy groups -OCH3 is 1. The normalized spacial score (nSPS) is 14.5. The van der Waals surface area contributed by atoms with E-state index in [-0.39, 0.29) is 0 Å². The van der Waals surface area contributed by atoms with Crippen molar-refractivity contribution in [1.29, 1.82) is 5.26 Å². The highest BCUT2D eigenvalue weighted by molar-refractivity contribution is 5.46. The van der Waals surface area contributed by atoms with Crippen molar-refractivity contribution in [2.75, 3.05) is 43.1 Å². The Morgan fingerprint density at radius 3 is 2.50 bits per heavy atom. The maximum absolute atomic E-state index is 8.94. The number of anilines is 2. The van der Waals surface area contributed by atoms with E-state index in [1.54, 1.807) is 13.2 Å². The van der Waals surface area contributed by atoms with E-state index in [4.69, 9.17) is 10.00 Å². The number of rotatable bonds is 3. The summed E-state index contributed by atoms with van der Waals surface area (Å²) in [6, 6.07) is 9.43. The molecule has 3 rings (SSSR count). The Balaban J connectivity index is 1.68. The van der Waals surface area contributed by atoms with Crippen LogP contribution in [0.15, 0.2) is 30.6 Å². The molecule has 1 aliphatic rings. The van der Waals surface area contributed by atoms with Gasteiger partial charge in [-0.3, -0.25) is 0 Å². The van der Waals surface area contributed by atoms with Gasteiger partial charge < -0.3 is 14.5 Å². The van der Waals surface area contributed by atoms with Crippen molar-refractivity contribution in [3.05, 3.63) is 36.3 Å². The standard InChI is InChI=1S/C15H16N6O/c1-22-15-9-14(17-11-18-15)21-7-5-20(6-8-21)13-4-2-3-12(10-16)19-13/h2-4,9,11H,5-8H2,1H3. The molecule has 0 N–H and O–H groups in total. The lowest BCUT2D eigenvalue weighted by molar-refractivity contribution is 0.396. The number of ether oxygens (including phenoxy) is 1. The van der Waals surface area contributed by atoms with Gasteiger partial charge in [0.05, 0.1) is 7.11 Å². The minimum Gasteiger partial charge on any atom is -0.481 e. The summed E-state index contributed by atoms with van der Waals surface area (Å²) in [6.45, 7) is 3.32. The zero-order valence-corrected chi connectivity index (χ0v) is 12.3. The van der Waals surface area contributed by atoms with Crippen LogP contribution in [0.4, 0.5) is 11.6 Å². The lowest BCUT2D eigenvalue weighted by Crippen LogP contribution is -2.47. The van der Waals surface area contributed by atoms with E-state index in [2.05, 4.69) is 30.8 Å². The Hall–Kier alpha value is -2.88. The van der Waals surface area contributed by atoms with Crippen molar-refractivity contribution in [2.45, 2.75) is 0 Å². The van der Waals surface area contributed by atoms with Crippen molar-refractivity contribution >= 4 is 11.6 Å². The molecule has 0 bridgehead atoms. The fourth-order valence-electron chi connectivity index (χ4n) is 2.44. The lowest BCUT2D eigenvalue weighted by atomic mass is 10.3. The first kappa shape index (κ1) is 14.1. The van der Waals surface area contributed by atoms with E-state index in [1.165, 1.54) is 6.33 Å². The quantitative estimate of drug-likeness (QED) is 0.838. The van der Waals surface area contributed by atoms with Crippen LogP contribution in [0.3, 0.4) is 0 Å². The van der Waals surface area contributed by atoms with Gasteiger partial charge >= 0.3 is 0 Å². The molecular formula is C15H16N6O. The highest BCUT2D eigenvalue weighted by Gasteiger charge is 2.19. The van der Waals surface area contributed by atoms with Crippen molar-refractivity contribution in [2.24, 2.45) is 0 Å². The minimum atomic E-state index is 0.445. The molecule has 2 aromatic heterocycles. The van der Waals surface area contributed by atoms with Gasteiger partial charge in [-0.05, 0) is 12.1 Å². The number of nitrogens with zero attached hydrogens (tertiary/aromatic N) is 6. The van der Waals surface area contributed by atoms with Gasteiger partial charge in [0.2, 0.25) is 5.88 Å². The molecule has 0 saturated carbocycles. The van der Waals surface area contributed by atoms with Gasteiger partial charge in [-0.15, -0.1) is 0 Å². The van der Waals surface area contributed by atoms with Crippen LogP contribution in [0.5, 0.6) is 5.88 Å². The minimum absolute atomic E-state index is 0.445. The lowest BCUT2D eigenvalue weighted by Gasteiger charge is -2.36. The van der Waals surface area contributed by atoms with Crippen LogP contribution in [0.25, 0.3) is 0 Å². The van der Waals surface area contributed by atoms with E-state index >= 15 is 0 Å². The molecule has 7 nitrogen and oxygen atoms in total. The molecule has 7 heteroatoms. The molecule has 112 valence electrons. The first-order valence-electron chi connectivity index (χ1n) is 7.03. The zero-order valence-electron chi connectivity index (χ0n) is 12.3. The Morgan fingerprint density at radius 2 is 1.82 bits per heavy atom. The van der Waals surface area contributed by atoms with E-state index in [1.807, 2.05) is 18.2 Å². The predicted octanol–water partition coefficient (Wildman–Crippen LogP) is 1.08. The molecule has 1 aliphatic heterocycles. The van der Waals surface area contributed by atoms with Crippen LogP contribution >= 0.6 is 0 Å². The third-order valence-electron chi connectivity index (χ3n) is 3.61. The zero-order chi connectivity index (χ0) is 15.4. The topological polar surface area (TPSA) is 78.2 Å². The summed E-state index contributed by atoms with van der Waals surface area (Å²) in [5.41, 5.74) is 0.445. The first-order chi connectivity index (χ1) is 10.8. The van der Waals surface area contributed by atoms with Gasteiger partial charge in [0.25, 0.3) is 0 Å². The predicted molar refractivity (Wildman–Crippen MR) is 82.0 cm³/mol. The Kier molecular flexibility index (Phi) is 4.01. The molecule has 0 aliphatic carbocycles. The van der Waals surface area contributed by atoms with Crippen molar-refractivity contribution < 1.29 is 4.74 Å². The smallest absolute Gasteiger partial charge is 0.218 e. The highest BCUT2D eigenvalue weighted by atomic mass is 16.5. The van der Waals surface area contributed by atoms with Crippen LogP contribution in [0, 0.1) is 11.3 Å². The van der Waals surface area contributed by atoms with E-state index in [0.29, 0.717) is 11.6 Å². The maximum Gasteiger partial charge on any atom is 0.218 e. The summed E-state index contributed by atoms with van der Waals surface area (Å²) in [7, 11) is 1.60. The summed E-state index contributed by atoms with van der Waals surface area (Å²) < 4.78 is 5.13. The highest BCUT2D eigenvalue weighted by Crippen LogP contribution is 2.19. The molecule has 0 radical (unpaired) electrons. The van der Waals surface area contributed by atoms with E-state index in [0.717, 1.165) is 37.8 Å². The summed E-state index contributed by atoms with van der Waals surface area (Å²) in [5, 5.41) is 8.94. The summed E-state index contributed by atoms with van der Waals surface area (Å²) in [6.07, 6.45) is 1.51. The largest absolute Gasteiger partial charge is 0.481 e. The molecule has 0 atom stereocenters. The van der Waals surface area contributed by atoms with Crippen LogP contribution in [0.1, 0.15) is 5.69 Å². The van der Waals surface area contributed by atoms with Gasteiger partial charge in [-0.25, -0.2) is 15.0 Å².